The van der Waals surface area contributed by atoms with Gasteiger partial charge in [0.2, 0.25) is 0 Å². The van der Waals surface area contributed by atoms with E-state index in [0.717, 1.165) is 16.5 Å². The van der Waals surface area contributed by atoms with Gasteiger partial charge in [-0.05, 0) is 24.1 Å². The van der Waals surface area contributed by atoms with Crippen LogP contribution in [0.1, 0.15) is 5.56 Å². The van der Waals surface area contributed by atoms with E-state index in [9.17, 15) is 0 Å². The largest absolute Gasteiger partial charge is 0.444 e. The fourth-order valence-corrected chi connectivity index (χ4v) is 1.37. The number of hydrogen-bond donors (Lipinski definition) is 0. The fraction of sp³-hybridized carbons (Fsp3) is 0.111. The van der Waals surface area contributed by atoms with E-state index >= 15 is 0 Å². The average Bonchev–Trinajstić information content (AvgIpc) is 2.31. The van der Waals surface area contributed by atoms with E-state index in [1.165, 1.54) is 0 Å². The summed E-state index contributed by atoms with van der Waals surface area (Å²) >= 11 is 5.69. The Balaban J connectivity index is 2.90. The third-order valence-electron chi connectivity index (χ3n) is 1.71. The molecule has 0 aliphatic heterocycles. The van der Waals surface area contributed by atoms with E-state index in [1.54, 1.807) is 0 Å². The van der Waals surface area contributed by atoms with Crippen LogP contribution in [0.25, 0.3) is 11.0 Å². The van der Waals surface area contributed by atoms with E-state index in [2.05, 4.69) is 0 Å². The first-order chi connectivity index (χ1) is 5.27. The van der Waals surface area contributed by atoms with Crippen LogP contribution in [-0.2, 0) is 0 Å². The van der Waals surface area contributed by atoms with Crippen molar-refractivity contribution in [1.82, 2.24) is 0 Å². The van der Waals surface area contributed by atoms with Gasteiger partial charge in [-0.1, -0.05) is 18.2 Å². The molecule has 2 rings (SSSR count). The van der Waals surface area contributed by atoms with Crippen molar-refractivity contribution in [3.63, 3.8) is 0 Å². The van der Waals surface area contributed by atoms with Crippen LogP contribution < -0.4 is 0 Å². The average molecular weight is 167 g/mol. The van der Waals surface area contributed by atoms with Crippen LogP contribution in [0.5, 0.6) is 0 Å². The van der Waals surface area contributed by atoms with Crippen molar-refractivity contribution < 1.29 is 4.42 Å². The second-order valence-electron chi connectivity index (χ2n) is 2.54. The molecule has 2 heteroatoms. The van der Waals surface area contributed by atoms with Gasteiger partial charge in [-0.15, -0.1) is 0 Å². The minimum absolute atomic E-state index is 0.453. The highest BCUT2D eigenvalue weighted by Crippen LogP contribution is 2.24. The molecule has 11 heavy (non-hydrogen) atoms. The molecule has 0 saturated carbocycles. The lowest BCUT2D eigenvalue weighted by Crippen LogP contribution is -1.69. The molecule has 0 fully saturated rings. The zero-order valence-electron chi connectivity index (χ0n) is 6.10. The summed E-state index contributed by atoms with van der Waals surface area (Å²) in [5.74, 6) is 0. The molecular weight excluding hydrogens is 160 g/mol. The predicted octanol–water partition coefficient (Wildman–Crippen LogP) is 3.39. The SMILES string of the molecule is Cc1cccc2cc(Cl)oc12. The Morgan fingerprint density at radius 2 is 2.18 bits per heavy atom. The van der Waals surface area contributed by atoms with Crippen molar-refractivity contribution in [1.29, 1.82) is 0 Å². The zero-order chi connectivity index (χ0) is 7.84. The molecule has 0 aliphatic carbocycles. The summed E-state index contributed by atoms with van der Waals surface area (Å²) in [6.45, 7) is 2.00. The molecule has 1 heterocycles. The van der Waals surface area contributed by atoms with Crippen LogP contribution >= 0.6 is 11.6 Å². The van der Waals surface area contributed by atoms with E-state index in [0.29, 0.717) is 5.22 Å². The summed E-state index contributed by atoms with van der Waals surface area (Å²) in [6.07, 6.45) is 0. The van der Waals surface area contributed by atoms with Crippen LogP contribution in [0.3, 0.4) is 0 Å². The molecule has 0 radical (unpaired) electrons. The summed E-state index contributed by atoms with van der Waals surface area (Å²) in [7, 11) is 0. The van der Waals surface area contributed by atoms with Gasteiger partial charge in [0.15, 0.2) is 5.22 Å². The highest BCUT2D eigenvalue weighted by Gasteiger charge is 2.01. The molecular formula is C9H7ClO. The summed E-state index contributed by atoms with van der Waals surface area (Å²) < 4.78 is 5.26. The van der Waals surface area contributed by atoms with Gasteiger partial charge >= 0.3 is 0 Å². The summed E-state index contributed by atoms with van der Waals surface area (Å²) in [5, 5.41) is 1.52. The number of furan rings is 1. The van der Waals surface area contributed by atoms with E-state index in [4.69, 9.17) is 16.0 Å². The number of halogens is 1. The molecule has 56 valence electrons. The van der Waals surface area contributed by atoms with Crippen molar-refractivity contribution in [3.8, 4) is 0 Å². The molecule has 0 unspecified atom stereocenters. The third kappa shape index (κ3) is 1.02. The van der Waals surface area contributed by atoms with Crippen LogP contribution in [0.2, 0.25) is 5.22 Å². The number of para-hydroxylation sites is 1. The van der Waals surface area contributed by atoms with Crippen molar-refractivity contribution in [3.05, 3.63) is 35.0 Å². The van der Waals surface area contributed by atoms with E-state index < -0.39 is 0 Å². The first-order valence-electron chi connectivity index (χ1n) is 3.42. The first-order valence-corrected chi connectivity index (χ1v) is 3.80. The number of aryl methyl sites for hydroxylation is 1. The summed E-state index contributed by atoms with van der Waals surface area (Å²) in [6, 6.07) is 7.80. The third-order valence-corrected chi connectivity index (χ3v) is 1.90. The smallest absolute Gasteiger partial charge is 0.194 e. The van der Waals surface area contributed by atoms with Gasteiger partial charge in [0.1, 0.15) is 5.58 Å². The molecule has 0 aliphatic rings. The molecule has 1 aromatic carbocycles. The van der Waals surface area contributed by atoms with Crippen molar-refractivity contribution in [2.24, 2.45) is 0 Å². The van der Waals surface area contributed by atoms with Crippen LogP contribution in [0.4, 0.5) is 0 Å². The van der Waals surface area contributed by atoms with Crippen LogP contribution in [-0.4, -0.2) is 0 Å². The summed E-state index contributed by atoms with van der Waals surface area (Å²) in [5.41, 5.74) is 2.01. The Bertz CT molecular complexity index is 389. The number of benzene rings is 1. The lowest BCUT2D eigenvalue weighted by molar-refractivity contribution is 0.615. The Morgan fingerprint density at radius 1 is 1.36 bits per heavy atom. The van der Waals surface area contributed by atoms with Gasteiger partial charge in [0.25, 0.3) is 0 Å². The molecule has 0 atom stereocenters. The molecule has 0 spiro atoms. The molecule has 2 aromatic rings. The lowest BCUT2D eigenvalue weighted by Gasteiger charge is -1.90. The monoisotopic (exact) mass is 166 g/mol. The highest BCUT2D eigenvalue weighted by molar-refractivity contribution is 6.29. The van der Waals surface area contributed by atoms with Gasteiger partial charge in [0, 0.05) is 11.5 Å². The summed E-state index contributed by atoms with van der Waals surface area (Å²) in [4.78, 5) is 0. The minimum atomic E-state index is 0.453. The van der Waals surface area contributed by atoms with Gasteiger partial charge in [-0.2, -0.15) is 0 Å². The minimum Gasteiger partial charge on any atom is -0.444 e. The number of fused-ring (bicyclic) bond motifs is 1. The molecule has 1 nitrogen and oxygen atoms in total. The maximum atomic E-state index is 5.69. The molecule has 0 saturated heterocycles. The molecule has 0 bridgehead atoms. The predicted molar refractivity (Wildman–Crippen MR) is 46.0 cm³/mol. The van der Waals surface area contributed by atoms with Crippen LogP contribution in [0.15, 0.2) is 28.7 Å². The van der Waals surface area contributed by atoms with Crippen molar-refractivity contribution in [2.75, 3.05) is 0 Å². The Morgan fingerprint density at radius 3 is 2.91 bits per heavy atom. The van der Waals surface area contributed by atoms with Gasteiger partial charge < -0.3 is 4.42 Å². The molecule has 0 amide bonds. The maximum absolute atomic E-state index is 5.69. The Labute approximate surface area is 69.6 Å². The topological polar surface area (TPSA) is 13.1 Å². The molecule has 0 N–H and O–H groups in total. The second kappa shape index (κ2) is 2.28. The van der Waals surface area contributed by atoms with Gasteiger partial charge in [-0.25, -0.2) is 0 Å². The second-order valence-corrected chi connectivity index (χ2v) is 2.92. The Kier molecular flexibility index (Phi) is 1.40. The standard InChI is InChI=1S/C9H7ClO/c1-6-3-2-4-7-5-8(10)11-9(6)7/h2-5H,1H3. The van der Waals surface area contributed by atoms with Crippen molar-refractivity contribution in [2.45, 2.75) is 6.92 Å². The number of rotatable bonds is 0. The highest BCUT2D eigenvalue weighted by atomic mass is 35.5. The van der Waals surface area contributed by atoms with Crippen molar-refractivity contribution >= 4 is 22.6 Å². The fourth-order valence-electron chi connectivity index (χ4n) is 1.18. The van der Waals surface area contributed by atoms with E-state index in [-0.39, 0.29) is 0 Å². The van der Waals surface area contributed by atoms with Gasteiger partial charge in [-0.3, -0.25) is 0 Å². The van der Waals surface area contributed by atoms with E-state index in [1.807, 2.05) is 31.2 Å². The Hall–Kier alpha value is -0.950. The zero-order valence-corrected chi connectivity index (χ0v) is 6.85. The normalized spacial score (nSPS) is 10.7. The molecule has 1 aromatic heterocycles. The van der Waals surface area contributed by atoms with Gasteiger partial charge in [0.05, 0.1) is 0 Å². The maximum Gasteiger partial charge on any atom is 0.194 e. The van der Waals surface area contributed by atoms with Crippen LogP contribution in [0, 0.1) is 6.92 Å². The lowest BCUT2D eigenvalue weighted by atomic mass is 10.2. The number of hydrogen-bond acceptors (Lipinski definition) is 1. The quantitative estimate of drug-likeness (QED) is 0.585. The first kappa shape index (κ1) is 6.74.